The number of aliphatic hydroxyl groups excluding tert-OH is 1. The van der Waals surface area contributed by atoms with Gasteiger partial charge in [0, 0.05) is 17.7 Å². The van der Waals surface area contributed by atoms with E-state index in [2.05, 4.69) is 34.5 Å². The molecule has 1 amide bonds. The average molecular weight is 706 g/mol. The summed E-state index contributed by atoms with van der Waals surface area (Å²) in [6.07, 6.45) is 0.674. The first-order chi connectivity index (χ1) is 24.3. The Hall–Kier alpha value is -5.13. The van der Waals surface area contributed by atoms with Gasteiger partial charge in [0.25, 0.3) is 5.78 Å². The minimum absolute atomic E-state index is 0.00284. The summed E-state index contributed by atoms with van der Waals surface area (Å²) in [4.78, 5) is 29.2. The fraction of sp³-hybridized carbons (Fsp3) is 0.231. The maximum Gasteiger partial charge on any atom is 0.301 e. The highest BCUT2D eigenvalue weighted by Gasteiger charge is 2.48. The lowest BCUT2D eigenvalue weighted by atomic mass is 9.94. The fourth-order valence-corrected chi connectivity index (χ4v) is 7.90. The van der Waals surface area contributed by atoms with Gasteiger partial charge in [-0.15, -0.1) is 10.2 Å². The Labute approximate surface area is 298 Å². The molecule has 5 aromatic rings. The number of fused-ring (bicyclic) bond motifs is 1. The highest BCUT2D eigenvalue weighted by Crippen LogP contribution is 2.46. The van der Waals surface area contributed by atoms with Gasteiger partial charge in [0.1, 0.15) is 24.2 Å². The quantitative estimate of drug-likeness (QED) is 0.0480. The number of carbonyl (C=O) groups is 2. The van der Waals surface area contributed by atoms with Crippen molar-refractivity contribution in [3.05, 3.63) is 130 Å². The molecule has 7 rings (SSSR count). The summed E-state index contributed by atoms with van der Waals surface area (Å²) in [5.41, 5.74) is 5.14. The number of ketones is 1. The van der Waals surface area contributed by atoms with Crippen LogP contribution in [-0.4, -0.2) is 39.7 Å². The van der Waals surface area contributed by atoms with Crippen LogP contribution in [0.4, 0.5) is 5.13 Å². The van der Waals surface area contributed by atoms with Gasteiger partial charge < -0.3 is 19.3 Å². The highest BCUT2D eigenvalue weighted by atomic mass is 32.2. The lowest BCUT2D eigenvalue weighted by Crippen LogP contribution is -2.29. The molecule has 2 aliphatic heterocycles. The van der Waals surface area contributed by atoms with Crippen molar-refractivity contribution in [3.63, 3.8) is 0 Å². The molecule has 0 bridgehead atoms. The van der Waals surface area contributed by atoms with Crippen LogP contribution in [0, 0.1) is 6.92 Å². The van der Waals surface area contributed by atoms with Gasteiger partial charge in [0.15, 0.2) is 15.8 Å². The van der Waals surface area contributed by atoms with E-state index in [1.54, 1.807) is 30.3 Å². The molecule has 1 N–H and O–H groups in total. The molecular formula is C39H35N3O6S2. The Balaban J connectivity index is 1.27. The maximum absolute atomic E-state index is 13.9. The van der Waals surface area contributed by atoms with Gasteiger partial charge in [0.2, 0.25) is 5.13 Å². The summed E-state index contributed by atoms with van der Waals surface area (Å²) in [6, 6.07) is 27.6. The molecule has 0 unspecified atom stereocenters. The topological polar surface area (TPSA) is 111 Å². The third-order valence-corrected chi connectivity index (χ3v) is 10.6. The molecule has 11 heteroatoms. The number of nitrogens with zero attached hydrogens (tertiary/aromatic N) is 3. The average Bonchev–Trinajstić information content (AvgIpc) is 3.82. The Morgan fingerprint density at radius 1 is 0.960 bits per heavy atom. The molecule has 50 heavy (non-hydrogen) atoms. The molecule has 0 saturated carbocycles. The molecule has 0 radical (unpaired) electrons. The van der Waals surface area contributed by atoms with Crippen LogP contribution in [0.2, 0.25) is 0 Å². The molecule has 9 nitrogen and oxygen atoms in total. The Bertz CT molecular complexity index is 2080. The van der Waals surface area contributed by atoms with Gasteiger partial charge in [-0.25, -0.2) is 0 Å². The molecular weight excluding hydrogens is 671 g/mol. The molecule has 2 atom stereocenters. The first kappa shape index (κ1) is 33.4. The maximum atomic E-state index is 13.9. The summed E-state index contributed by atoms with van der Waals surface area (Å²) in [7, 11) is 0. The van der Waals surface area contributed by atoms with Crippen LogP contribution >= 0.6 is 23.1 Å². The number of Topliss-reactive ketones (excluding diaryl/α,β-unsaturated/α-hetero) is 1. The fourth-order valence-electron chi connectivity index (χ4n) is 6.08. The SMILES string of the molecule is CCOc1cc([C@@H]2/C(=C(\O)c3ccc4c(c3)C[C@H](C)O4)C(=O)C(=O)N2c2nnc(SCc3ccc(C)cc3)s2)ccc1OCc1ccccc1. The molecule has 4 aromatic carbocycles. The molecule has 2 aliphatic rings. The number of rotatable bonds is 11. The number of aliphatic hydroxyl groups is 1. The van der Waals surface area contributed by atoms with Crippen molar-refractivity contribution in [1.29, 1.82) is 0 Å². The van der Waals surface area contributed by atoms with Crippen LogP contribution in [-0.2, 0) is 28.4 Å². The zero-order valence-electron chi connectivity index (χ0n) is 27.8. The van der Waals surface area contributed by atoms with Crippen molar-refractivity contribution in [2.24, 2.45) is 0 Å². The number of amides is 1. The van der Waals surface area contributed by atoms with Crippen molar-refractivity contribution < 1.29 is 28.9 Å². The predicted molar refractivity (Wildman–Crippen MR) is 194 cm³/mol. The van der Waals surface area contributed by atoms with Crippen molar-refractivity contribution in [3.8, 4) is 17.2 Å². The van der Waals surface area contributed by atoms with Crippen LogP contribution < -0.4 is 19.1 Å². The monoisotopic (exact) mass is 705 g/mol. The zero-order chi connectivity index (χ0) is 34.8. The minimum atomic E-state index is -1.01. The Kier molecular flexibility index (Phi) is 9.60. The summed E-state index contributed by atoms with van der Waals surface area (Å²) >= 11 is 2.72. The van der Waals surface area contributed by atoms with Gasteiger partial charge >= 0.3 is 5.91 Å². The Morgan fingerprint density at radius 2 is 1.76 bits per heavy atom. The van der Waals surface area contributed by atoms with Crippen LogP contribution in [0.25, 0.3) is 5.76 Å². The number of aryl methyl sites for hydroxylation is 1. The predicted octanol–water partition coefficient (Wildman–Crippen LogP) is 8.07. The number of benzene rings is 4. The second-order valence-corrected chi connectivity index (χ2v) is 14.3. The minimum Gasteiger partial charge on any atom is -0.507 e. The first-order valence-electron chi connectivity index (χ1n) is 16.3. The smallest absolute Gasteiger partial charge is 0.301 e. The van der Waals surface area contributed by atoms with Crippen LogP contribution in [0.3, 0.4) is 0 Å². The normalized spacial score (nSPS) is 17.9. The number of anilines is 1. The largest absolute Gasteiger partial charge is 0.507 e. The molecule has 0 spiro atoms. The first-order valence-corrected chi connectivity index (χ1v) is 18.2. The molecule has 1 aromatic heterocycles. The van der Waals surface area contributed by atoms with Crippen LogP contribution in [0.5, 0.6) is 17.2 Å². The van der Waals surface area contributed by atoms with Gasteiger partial charge in [0.05, 0.1) is 18.2 Å². The van der Waals surface area contributed by atoms with Gasteiger partial charge in [-0.2, -0.15) is 0 Å². The van der Waals surface area contributed by atoms with E-state index in [4.69, 9.17) is 14.2 Å². The number of ether oxygens (including phenoxy) is 3. The summed E-state index contributed by atoms with van der Waals surface area (Å²) in [5.74, 6) is 0.464. The van der Waals surface area contributed by atoms with Crippen molar-refractivity contribution in [2.75, 3.05) is 11.5 Å². The van der Waals surface area contributed by atoms with Gasteiger partial charge in [-0.3, -0.25) is 14.5 Å². The molecule has 0 aliphatic carbocycles. The molecule has 254 valence electrons. The number of carbonyl (C=O) groups excluding carboxylic acids is 2. The third-order valence-electron chi connectivity index (χ3n) is 8.52. The highest BCUT2D eigenvalue weighted by molar-refractivity contribution is 8.00. The Morgan fingerprint density at radius 3 is 2.54 bits per heavy atom. The lowest BCUT2D eigenvalue weighted by molar-refractivity contribution is -0.132. The molecule has 3 heterocycles. The van der Waals surface area contributed by atoms with E-state index in [1.807, 2.05) is 57.2 Å². The van der Waals surface area contributed by atoms with E-state index in [1.165, 1.54) is 33.6 Å². The van der Waals surface area contributed by atoms with E-state index in [9.17, 15) is 14.7 Å². The summed E-state index contributed by atoms with van der Waals surface area (Å²) in [5, 5.41) is 20.8. The number of aromatic nitrogens is 2. The van der Waals surface area contributed by atoms with E-state index in [0.717, 1.165) is 22.4 Å². The number of hydrogen-bond donors (Lipinski definition) is 1. The van der Waals surface area contributed by atoms with Crippen molar-refractivity contribution >= 4 is 45.7 Å². The van der Waals surface area contributed by atoms with Gasteiger partial charge in [-0.05, 0) is 73.4 Å². The second-order valence-electron chi connectivity index (χ2n) is 12.2. The van der Waals surface area contributed by atoms with Crippen LogP contribution in [0.15, 0.2) is 101 Å². The van der Waals surface area contributed by atoms with E-state index in [-0.39, 0.29) is 22.6 Å². The van der Waals surface area contributed by atoms with E-state index < -0.39 is 17.7 Å². The standard InChI is InChI=1S/C39H35N3O6S2/c1-4-46-32-20-27(14-17-31(32)47-21-25-8-6-5-7-9-25)34-33(35(43)28-15-16-30-29(19-28)18-24(3)48-30)36(44)37(45)42(34)38-40-41-39(50-38)49-22-26-12-10-23(2)11-13-26/h5-17,19-20,24,34,43H,4,18,21-22H2,1-3H3/b35-33+/t24-,34+/m0/s1. The number of hydrogen-bond acceptors (Lipinski definition) is 10. The lowest BCUT2D eigenvalue weighted by Gasteiger charge is -2.24. The molecule has 1 saturated heterocycles. The summed E-state index contributed by atoms with van der Waals surface area (Å²) in [6.45, 7) is 6.58. The van der Waals surface area contributed by atoms with Gasteiger partial charge in [-0.1, -0.05) is 89.3 Å². The van der Waals surface area contributed by atoms with Crippen molar-refractivity contribution in [1.82, 2.24) is 10.2 Å². The van der Waals surface area contributed by atoms with Crippen molar-refractivity contribution in [2.45, 2.75) is 56.0 Å². The van der Waals surface area contributed by atoms with Crippen LogP contribution in [0.1, 0.15) is 53.3 Å². The van der Waals surface area contributed by atoms with E-state index >= 15 is 0 Å². The summed E-state index contributed by atoms with van der Waals surface area (Å²) < 4.78 is 18.7. The third kappa shape index (κ3) is 6.83. The number of thioether (sulfide) groups is 1. The zero-order valence-corrected chi connectivity index (χ0v) is 29.4. The van der Waals surface area contributed by atoms with E-state index in [0.29, 0.717) is 52.4 Å². The molecule has 1 fully saturated rings. The second kappa shape index (κ2) is 14.4.